The highest BCUT2D eigenvalue weighted by Gasteiger charge is 2.18. The summed E-state index contributed by atoms with van der Waals surface area (Å²) in [5.41, 5.74) is 0.564. The van der Waals surface area contributed by atoms with E-state index >= 15 is 0 Å². The van der Waals surface area contributed by atoms with E-state index in [1.54, 1.807) is 6.92 Å². The molecular formula is C9H8INO4. The molecule has 6 heteroatoms. The number of carboxylic acid groups (broad SMARTS) is 1. The summed E-state index contributed by atoms with van der Waals surface area (Å²) in [5, 5.41) is 19.3. The van der Waals surface area contributed by atoms with Crippen LogP contribution in [0.4, 0.5) is 5.69 Å². The van der Waals surface area contributed by atoms with Gasteiger partial charge in [0.1, 0.15) is 0 Å². The smallest absolute Gasteiger partial charge is 0.310 e. The third-order valence-corrected chi connectivity index (χ3v) is 2.97. The minimum atomic E-state index is -0.943. The first kappa shape index (κ1) is 11.9. The first-order chi connectivity index (χ1) is 6.93. The molecule has 15 heavy (non-hydrogen) atoms. The monoisotopic (exact) mass is 321 g/mol. The largest absolute Gasteiger partial charge is 0.481 e. The van der Waals surface area contributed by atoms with Gasteiger partial charge in [0.2, 0.25) is 0 Å². The molecular weight excluding hydrogens is 313 g/mol. The molecule has 0 aliphatic rings. The fraction of sp³-hybridized carbons (Fsp3) is 0.222. The van der Waals surface area contributed by atoms with Crippen molar-refractivity contribution in [3.63, 3.8) is 0 Å². The number of benzene rings is 1. The number of non-ortho nitro benzene ring substituents is 1. The van der Waals surface area contributed by atoms with Gasteiger partial charge in [-0.1, -0.05) is 6.07 Å². The minimum absolute atomic E-state index is 0.0271. The van der Waals surface area contributed by atoms with Gasteiger partial charge >= 0.3 is 5.97 Å². The lowest BCUT2D eigenvalue weighted by Gasteiger charge is -2.08. The summed E-state index contributed by atoms with van der Waals surface area (Å²) in [5.74, 6) is -1.60. The summed E-state index contributed by atoms with van der Waals surface area (Å²) < 4.78 is 0.594. The molecule has 0 spiro atoms. The lowest BCUT2D eigenvalue weighted by atomic mass is 10.0. The molecule has 1 atom stereocenters. The van der Waals surface area contributed by atoms with E-state index < -0.39 is 16.8 Å². The number of aliphatic carboxylic acids is 1. The van der Waals surface area contributed by atoms with Gasteiger partial charge in [0, 0.05) is 15.7 Å². The Morgan fingerprint density at radius 1 is 1.60 bits per heavy atom. The lowest BCUT2D eigenvalue weighted by molar-refractivity contribution is -0.385. The standard InChI is InChI=1S/C9H8INO4/c1-5(9(12)13)7-3-2-6(11(14)15)4-8(7)10/h2-5H,1H3,(H,12,13). The van der Waals surface area contributed by atoms with Gasteiger partial charge in [-0.15, -0.1) is 0 Å². The lowest BCUT2D eigenvalue weighted by Crippen LogP contribution is -2.09. The summed E-state index contributed by atoms with van der Waals surface area (Å²) in [6.45, 7) is 1.55. The summed E-state index contributed by atoms with van der Waals surface area (Å²) in [6.07, 6.45) is 0. The van der Waals surface area contributed by atoms with Gasteiger partial charge in [0.05, 0.1) is 10.8 Å². The van der Waals surface area contributed by atoms with Crippen LogP contribution >= 0.6 is 22.6 Å². The Hall–Kier alpha value is -1.18. The average Bonchev–Trinajstić information content (AvgIpc) is 2.16. The molecule has 0 fully saturated rings. The van der Waals surface area contributed by atoms with Crippen LogP contribution in [0.25, 0.3) is 0 Å². The van der Waals surface area contributed by atoms with Crippen molar-refractivity contribution in [1.82, 2.24) is 0 Å². The number of hydrogen-bond donors (Lipinski definition) is 1. The minimum Gasteiger partial charge on any atom is -0.481 e. The molecule has 0 aliphatic carbocycles. The average molecular weight is 321 g/mol. The molecule has 1 unspecified atom stereocenters. The van der Waals surface area contributed by atoms with Gasteiger partial charge in [-0.3, -0.25) is 14.9 Å². The number of nitrogens with zero attached hydrogens (tertiary/aromatic N) is 1. The van der Waals surface area contributed by atoms with E-state index in [4.69, 9.17) is 5.11 Å². The van der Waals surface area contributed by atoms with E-state index in [0.29, 0.717) is 9.13 Å². The van der Waals surface area contributed by atoms with Crippen LogP contribution < -0.4 is 0 Å². The molecule has 0 aromatic heterocycles. The van der Waals surface area contributed by atoms with Gasteiger partial charge in [0.15, 0.2) is 0 Å². The predicted molar refractivity (Wildman–Crippen MR) is 61.9 cm³/mol. The summed E-state index contributed by atoms with van der Waals surface area (Å²) in [7, 11) is 0. The molecule has 0 saturated carbocycles. The fourth-order valence-corrected chi connectivity index (χ4v) is 2.08. The van der Waals surface area contributed by atoms with E-state index in [9.17, 15) is 14.9 Å². The Kier molecular flexibility index (Phi) is 3.61. The maximum Gasteiger partial charge on any atom is 0.310 e. The van der Waals surface area contributed by atoms with Crippen molar-refractivity contribution in [1.29, 1.82) is 0 Å². The maximum absolute atomic E-state index is 10.7. The highest BCUT2D eigenvalue weighted by atomic mass is 127. The van der Waals surface area contributed by atoms with E-state index in [-0.39, 0.29) is 5.69 Å². The normalized spacial score (nSPS) is 12.1. The highest BCUT2D eigenvalue weighted by Crippen LogP contribution is 2.25. The first-order valence-corrected chi connectivity index (χ1v) is 5.18. The molecule has 0 saturated heterocycles. The summed E-state index contributed by atoms with van der Waals surface area (Å²) in [6, 6.07) is 4.17. The molecule has 80 valence electrons. The van der Waals surface area contributed by atoms with Gasteiger partial charge in [-0.25, -0.2) is 0 Å². The van der Waals surface area contributed by atoms with E-state index in [0.717, 1.165) is 0 Å². The summed E-state index contributed by atoms with van der Waals surface area (Å²) >= 11 is 1.90. The molecule has 0 bridgehead atoms. The maximum atomic E-state index is 10.7. The Morgan fingerprint density at radius 3 is 2.60 bits per heavy atom. The number of halogens is 1. The molecule has 1 rings (SSSR count). The number of carbonyl (C=O) groups is 1. The quantitative estimate of drug-likeness (QED) is 0.526. The molecule has 1 N–H and O–H groups in total. The highest BCUT2D eigenvalue weighted by molar-refractivity contribution is 14.1. The van der Waals surface area contributed by atoms with Crippen molar-refractivity contribution < 1.29 is 14.8 Å². The van der Waals surface area contributed by atoms with Crippen LogP contribution in [0, 0.1) is 13.7 Å². The molecule has 0 aliphatic heterocycles. The second kappa shape index (κ2) is 4.56. The molecule has 0 radical (unpaired) electrons. The van der Waals surface area contributed by atoms with E-state index in [1.165, 1.54) is 18.2 Å². The first-order valence-electron chi connectivity index (χ1n) is 4.10. The van der Waals surface area contributed by atoms with Crippen molar-refractivity contribution in [2.24, 2.45) is 0 Å². The molecule has 0 amide bonds. The fourth-order valence-electron chi connectivity index (χ4n) is 1.11. The van der Waals surface area contributed by atoms with Gasteiger partial charge in [-0.2, -0.15) is 0 Å². The zero-order valence-electron chi connectivity index (χ0n) is 7.81. The third kappa shape index (κ3) is 2.65. The topological polar surface area (TPSA) is 80.4 Å². The van der Waals surface area contributed by atoms with Crippen LogP contribution in [0.3, 0.4) is 0 Å². The van der Waals surface area contributed by atoms with Crippen LogP contribution in [0.15, 0.2) is 18.2 Å². The number of nitro groups is 1. The Bertz CT molecular complexity index is 419. The number of carboxylic acids is 1. The third-order valence-electron chi connectivity index (χ3n) is 2.03. The molecule has 0 heterocycles. The van der Waals surface area contributed by atoms with Crippen LogP contribution in [0.1, 0.15) is 18.4 Å². The zero-order chi connectivity index (χ0) is 11.6. The molecule has 1 aromatic carbocycles. The Morgan fingerprint density at radius 2 is 2.20 bits per heavy atom. The second-order valence-electron chi connectivity index (χ2n) is 3.02. The van der Waals surface area contributed by atoms with Gasteiger partial charge in [0.25, 0.3) is 5.69 Å². The van der Waals surface area contributed by atoms with Crippen molar-refractivity contribution in [3.05, 3.63) is 37.4 Å². The zero-order valence-corrected chi connectivity index (χ0v) is 9.96. The molecule has 5 nitrogen and oxygen atoms in total. The second-order valence-corrected chi connectivity index (χ2v) is 4.19. The predicted octanol–water partition coefficient (Wildman–Crippen LogP) is 2.39. The van der Waals surface area contributed by atoms with Gasteiger partial charge in [-0.05, 0) is 35.1 Å². The SMILES string of the molecule is CC(C(=O)O)c1ccc([N+](=O)[O-])cc1I. The van der Waals surface area contributed by atoms with Crippen LogP contribution in [-0.2, 0) is 4.79 Å². The number of nitro benzene ring substituents is 1. The van der Waals surface area contributed by atoms with Crippen LogP contribution in [0.2, 0.25) is 0 Å². The van der Waals surface area contributed by atoms with Crippen molar-refractivity contribution >= 4 is 34.2 Å². The summed E-state index contributed by atoms with van der Waals surface area (Å²) in [4.78, 5) is 20.7. The van der Waals surface area contributed by atoms with Crippen LogP contribution in [-0.4, -0.2) is 16.0 Å². The van der Waals surface area contributed by atoms with E-state index in [2.05, 4.69) is 0 Å². The number of rotatable bonds is 3. The van der Waals surface area contributed by atoms with Crippen molar-refractivity contribution in [2.75, 3.05) is 0 Å². The van der Waals surface area contributed by atoms with Crippen LogP contribution in [0.5, 0.6) is 0 Å². The van der Waals surface area contributed by atoms with E-state index in [1.807, 2.05) is 22.6 Å². The van der Waals surface area contributed by atoms with Crippen molar-refractivity contribution in [3.8, 4) is 0 Å². The van der Waals surface area contributed by atoms with Crippen molar-refractivity contribution in [2.45, 2.75) is 12.8 Å². The van der Waals surface area contributed by atoms with Gasteiger partial charge < -0.3 is 5.11 Å². The molecule has 1 aromatic rings. The Labute approximate surface area is 99.4 Å². The Balaban J connectivity index is 3.13. The number of hydrogen-bond acceptors (Lipinski definition) is 3.